The molecule has 7 heteroatoms. The molecule has 0 radical (unpaired) electrons. The number of aliphatic hydroxyl groups is 1. The molecule has 0 atom stereocenters. The van der Waals surface area contributed by atoms with Gasteiger partial charge in [0.1, 0.15) is 10.8 Å². The van der Waals surface area contributed by atoms with E-state index in [2.05, 4.69) is 21.4 Å². The Morgan fingerprint density at radius 3 is 2.85 bits per heavy atom. The smallest absolute Gasteiger partial charge is 0.181 e. The fourth-order valence-electron chi connectivity index (χ4n) is 3.91. The highest BCUT2D eigenvalue weighted by molar-refractivity contribution is 6.32. The van der Waals surface area contributed by atoms with Crippen LogP contribution in [0.1, 0.15) is 25.7 Å². The molecule has 3 aromatic heterocycles. The molecule has 0 bridgehead atoms. The minimum Gasteiger partial charge on any atom is -0.393 e. The molecule has 4 aromatic rings. The van der Waals surface area contributed by atoms with Gasteiger partial charge in [0.15, 0.2) is 11.5 Å². The monoisotopic (exact) mass is 381 g/mol. The van der Waals surface area contributed by atoms with E-state index in [1.165, 1.54) is 0 Å². The van der Waals surface area contributed by atoms with E-state index in [1.807, 2.05) is 35.0 Å². The summed E-state index contributed by atoms with van der Waals surface area (Å²) in [6.07, 6.45) is 8.81. The summed E-state index contributed by atoms with van der Waals surface area (Å²) in [5.74, 6) is 0.728. The van der Waals surface area contributed by atoms with Gasteiger partial charge in [0, 0.05) is 41.1 Å². The van der Waals surface area contributed by atoms with Crippen molar-refractivity contribution in [3.63, 3.8) is 0 Å². The van der Waals surface area contributed by atoms with E-state index >= 15 is 0 Å². The van der Waals surface area contributed by atoms with Gasteiger partial charge < -0.3 is 15.4 Å². The Bertz CT molecular complexity index is 1110. The van der Waals surface area contributed by atoms with Crippen LogP contribution in [0.15, 0.2) is 42.9 Å². The van der Waals surface area contributed by atoms with Gasteiger partial charge in [-0.25, -0.2) is 9.97 Å². The second-order valence-electron chi connectivity index (χ2n) is 7.12. The first-order valence-corrected chi connectivity index (χ1v) is 9.62. The van der Waals surface area contributed by atoms with Crippen LogP contribution in [0.2, 0.25) is 5.15 Å². The van der Waals surface area contributed by atoms with E-state index in [4.69, 9.17) is 16.6 Å². The van der Waals surface area contributed by atoms with Gasteiger partial charge in [-0.05, 0) is 31.7 Å². The molecule has 0 unspecified atom stereocenters. The van der Waals surface area contributed by atoms with Gasteiger partial charge in [0.05, 0.1) is 6.10 Å². The Balaban J connectivity index is 1.62. The topological polar surface area (TPSA) is 78.2 Å². The number of H-pyrrole nitrogens is 1. The van der Waals surface area contributed by atoms with Crippen LogP contribution in [0.25, 0.3) is 27.8 Å². The van der Waals surface area contributed by atoms with E-state index in [-0.39, 0.29) is 12.1 Å². The van der Waals surface area contributed by atoms with Gasteiger partial charge in [0.25, 0.3) is 0 Å². The number of anilines is 1. The fourth-order valence-corrected chi connectivity index (χ4v) is 4.19. The lowest BCUT2D eigenvalue weighted by atomic mass is 9.93. The summed E-state index contributed by atoms with van der Waals surface area (Å²) in [5.41, 5.74) is 3.45. The molecule has 6 nitrogen and oxygen atoms in total. The Kier molecular flexibility index (Phi) is 4.02. The predicted molar refractivity (Wildman–Crippen MR) is 107 cm³/mol. The number of aromatic amines is 1. The summed E-state index contributed by atoms with van der Waals surface area (Å²) in [7, 11) is 0. The highest BCUT2D eigenvalue weighted by Gasteiger charge is 2.23. The van der Waals surface area contributed by atoms with Crippen LogP contribution in [0, 0.1) is 0 Å². The number of nitrogens with zero attached hydrogens (tertiary/aromatic N) is 3. The molecule has 0 spiro atoms. The quantitative estimate of drug-likeness (QED) is 0.495. The first-order chi connectivity index (χ1) is 13.2. The molecule has 0 saturated heterocycles. The van der Waals surface area contributed by atoms with Gasteiger partial charge in [0.2, 0.25) is 0 Å². The van der Waals surface area contributed by atoms with Crippen molar-refractivity contribution in [2.24, 2.45) is 0 Å². The van der Waals surface area contributed by atoms with Gasteiger partial charge in [-0.3, -0.25) is 4.40 Å². The van der Waals surface area contributed by atoms with Crippen LogP contribution in [-0.4, -0.2) is 36.6 Å². The summed E-state index contributed by atoms with van der Waals surface area (Å²) < 4.78 is 1.87. The largest absolute Gasteiger partial charge is 0.393 e. The van der Waals surface area contributed by atoms with Crippen LogP contribution in [0.4, 0.5) is 5.82 Å². The molecule has 3 N–H and O–H groups in total. The van der Waals surface area contributed by atoms with Crippen molar-refractivity contribution < 1.29 is 5.11 Å². The van der Waals surface area contributed by atoms with Crippen molar-refractivity contribution in [1.82, 2.24) is 19.4 Å². The van der Waals surface area contributed by atoms with E-state index in [9.17, 15) is 5.11 Å². The van der Waals surface area contributed by atoms with Crippen molar-refractivity contribution in [1.29, 1.82) is 0 Å². The first kappa shape index (κ1) is 16.6. The molecule has 27 heavy (non-hydrogen) atoms. The summed E-state index contributed by atoms with van der Waals surface area (Å²) >= 11 is 6.69. The molecular weight excluding hydrogens is 362 g/mol. The molecular formula is C20H20ClN5O. The second kappa shape index (κ2) is 6.55. The third-order valence-corrected chi connectivity index (χ3v) is 5.73. The number of aliphatic hydroxyl groups excluding tert-OH is 1. The average molecular weight is 382 g/mol. The van der Waals surface area contributed by atoms with Crippen LogP contribution in [0.3, 0.4) is 0 Å². The Morgan fingerprint density at radius 1 is 1.19 bits per heavy atom. The number of hydrogen-bond acceptors (Lipinski definition) is 4. The highest BCUT2D eigenvalue weighted by Crippen LogP contribution is 2.35. The molecule has 5 rings (SSSR count). The van der Waals surface area contributed by atoms with Crippen LogP contribution >= 0.6 is 11.6 Å². The minimum atomic E-state index is -0.186. The molecule has 0 aliphatic heterocycles. The van der Waals surface area contributed by atoms with Crippen molar-refractivity contribution in [3.05, 3.63) is 48.0 Å². The van der Waals surface area contributed by atoms with E-state index in [0.717, 1.165) is 59.3 Å². The van der Waals surface area contributed by atoms with Crippen molar-refractivity contribution >= 4 is 34.0 Å². The van der Waals surface area contributed by atoms with E-state index < -0.39 is 0 Å². The normalized spacial score (nSPS) is 20.4. The first-order valence-electron chi connectivity index (χ1n) is 9.24. The number of aromatic nitrogens is 4. The molecule has 0 amide bonds. The number of fused-ring (bicyclic) bond motifs is 2. The molecule has 1 aliphatic rings. The lowest BCUT2D eigenvalue weighted by Gasteiger charge is -2.27. The maximum atomic E-state index is 9.76. The zero-order valence-corrected chi connectivity index (χ0v) is 15.4. The third-order valence-electron chi connectivity index (χ3n) is 5.36. The maximum Gasteiger partial charge on any atom is 0.181 e. The minimum absolute atomic E-state index is 0.186. The Hall–Kier alpha value is -2.57. The summed E-state index contributed by atoms with van der Waals surface area (Å²) in [6.45, 7) is 0. The van der Waals surface area contributed by atoms with E-state index in [1.54, 1.807) is 6.20 Å². The number of halogens is 1. The number of rotatable bonds is 3. The number of nitrogens with one attached hydrogen (secondary N) is 2. The van der Waals surface area contributed by atoms with E-state index in [0.29, 0.717) is 5.15 Å². The number of imidazole rings is 1. The third kappa shape index (κ3) is 2.85. The van der Waals surface area contributed by atoms with Crippen molar-refractivity contribution in [2.45, 2.75) is 37.8 Å². The molecule has 1 saturated carbocycles. The number of hydrogen-bond donors (Lipinski definition) is 3. The standard InChI is InChI=1S/C20H20ClN5O/c21-18-17(15-11-23-16-4-2-1-3-14(15)16)25-19(20-22-9-10-26(18)20)24-12-5-7-13(27)8-6-12/h1-4,9-13,23,27H,5-8H2,(H,24,25). The molecule has 1 aromatic carbocycles. The van der Waals surface area contributed by atoms with Crippen molar-refractivity contribution in [2.75, 3.05) is 5.32 Å². The molecule has 138 valence electrons. The number of benzene rings is 1. The van der Waals surface area contributed by atoms with Gasteiger partial charge >= 0.3 is 0 Å². The van der Waals surface area contributed by atoms with Crippen LogP contribution in [0.5, 0.6) is 0 Å². The maximum absolute atomic E-state index is 9.76. The highest BCUT2D eigenvalue weighted by atomic mass is 35.5. The number of para-hydroxylation sites is 1. The SMILES string of the molecule is OC1CCC(Nc2nc(-c3c[nH]c4ccccc34)c(Cl)n3ccnc23)CC1. The average Bonchev–Trinajstić information content (AvgIpc) is 3.33. The second-order valence-corrected chi connectivity index (χ2v) is 7.48. The Labute approximate surface area is 161 Å². The molecule has 1 aliphatic carbocycles. The van der Waals surface area contributed by atoms with Crippen LogP contribution in [-0.2, 0) is 0 Å². The Morgan fingerprint density at radius 2 is 2.00 bits per heavy atom. The molecule has 1 fully saturated rings. The summed E-state index contributed by atoms with van der Waals surface area (Å²) in [5, 5.41) is 14.9. The lowest BCUT2D eigenvalue weighted by molar-refractivity contribution is 0.126. The fraction of sp³-hybridized carbons (Fsp3) is 0.300. The summed E-state index contributed by atoms with van der Waals surface area (Å²) in [4.78, 5) is 12.6. The zero-order valence-electron chi connectivity index (χ0n) is 14.7. The summed E-state index contributed by atoms with van der Waals surface area (Å²) in [6, 6.07) is 8.39. The van der Waals surface area contributed by atoms with Gasteiger partial charge in [-0.15, -0.1) is 0 Å². The van der Waals surface area contributed by atoms with Crippen LogP contribution < -0.4 is 5.32 Å². The van der Waals surface area contributed by atoms with Gasteiger partial charge in [-0.1, -0.05) is 29.8 Å². The van der Waals surface area contributed by atoms with Crippen molar-refractivity contribution in [3.8, 4) is 11.3 Å². The predicted octanol–water partition coefficient (Wildman–Crippen LogP) is 4.25. The zero-order chi connectivity index (χ0) is 18.4. The van der Waals surface area contributed by atoms with Gasteiger partial charge in [-0.2, -0.15) is 0 Å². The molecule has 3 heterocycles. The lowest BCUT2D eigenvalue weighted by Crippen LogP contribution is -2.28.